The van der Waals surface area contributed by atoms with Crippen molar-refractivity contribution in [3.8, 4) is 23.3 Å². The second kappa shape index (κ2) is 10.5. The molecule has 188 valence electrons. The molecule has 0 fully saturated rings. The molecule has 0 N–H and O–H groups in total. The van der Waals surface area contributed by atoms with Crippen molar-refractivity contribution in [1.29, 1.82) is 5.26 Å². The van der Waals surface area contributed by atoms with E-state index in [4.69, 9.17) is 4.74 Å². The topological polar surface area (TPSA) is 81.3 Å². The van der Waals surface area contributed by atoms with Crippen LogP contribution < -0.4 is 24.2 Å². The summed E-state index contributed by atoms with van der Waals surface area (Å²) in [6.45, 7) is 5.85. The van der Waals surface area contributed by atoms with Gasteiger partial charge in [-0.1, -0.05) is 39.0 Å². The monoisotopic (exact) mass is 512 g/mol. The lowest BCUT2D eigenvalue weighted by molar-refractivity contribution is -0.120. The van der Waals surface area contributed by atoms with Crippen LogP contribution in [-0.4, -0.2) is 24.1 Å². The molecule has 0 amide bonds. The van der Waals surface area contributed by atoms with Crippen LogP contribution in [0.1, 0.15) is 37.5 Å². The third-order valence-electron chi connectivity index (χ3n) is 5.36. The summed E-state index contributed by atoms with van der Waals surface area (Å²) in [6, 6.07) is 11.9. The van der Waals surface area contributed by atoms with Crippen LogP contribution in [0.3, 0.4) is 0 Å². The van der Waals surface area contributed by atoms with E-state index in [0.29, 0.717) is 11.3 Å². The number of rotatable bonds is 6. The van der Waals surface area contributed by atoms with Crippen LogP contribution >= 0.6 is 11.3 Å². The molecular weight excluding hydrogens is 486 g/mol. The van der Waals surface area contributed by atoms with Gasteiger partial charge in [0.15, 0.2) is 17.3 Å². The maximum absolute atomic E-state index is 13.7. The van der Waals surface area contributed by atoms with Crippen LogP contribution in [0.5, 0.6) is 11.5 Å². The van der Waals surface area contributed by atoms with Gasteiger partial charge in [-0.05, 0) is 54.8 Å². The number of aromatic nitrogens is 1. The molecule has 2 aromatic carbocycles. The number of carbonyl (C=O) groups excluding carboxylic acids is 1. The first-order chi connectivity index (χ1) is 16.9. The number of carbonyl (C=O) groups is 1. The number of benzene rings is 2. The van der Waals surface area contributed by atoms with E-state index in [2.05, 4.69) is 4.74 Å². The molecule has 0 spiro atoms. The molecule has 9 heteroatoms. The van der Waals surface area contributed by atoms with Crippen molar-refractivity contribution in [2.45, 2.75) is 41.2 Å². The fourth-order valence-corrected chi connectivity index (χ4v) is 4.61. The minimum Gasteiger partial charge on any atom is -0.493 e. The highest BCUT2D eigenvalue weighted by Crippen LogP contribution is 2.29. The van der Waals surface area contributed by atoms with Gasteiger partial charge in [-0.25, -0.2) is 0 Å². The predicted octanol–water partition coefficient (Wildman–Crippen LogP) is 4.24. The average molecular weight is 513 g/mol. The number of aryl methyl sites for hydroxylation is 2. The molecule has 1 heterocycles. The molecule has 0 bridgehead atoms. The average Bonchev–Trinajstić information content (AvgIpc) is 3.11. The Kier molecular flexibility index (Phi) is 7.80. The van der Waals surface area contributed by atoms with Crippen molar-refractivity contribution in [3.05, 3.63) is 72.6 Å². The van der Waals surface area contributed by atoms with Gasteiger partial charge < -0.3 is 9.47 Å². The van der Waals surface area contributed by atoms with Crippen molar-refractivity contribution in [2.75, 3.05) is 7.11 Å². The Morgan fingerprint density at radius 1 is 1.14 bits per heavy atom. The van der Waals surface area contributed by atoms with Crippen molar-refractivity contribution >= 4 is 28.8 Å². The van der Waals surface area contributed by atoms with Crippen molar-refractivity contribution in [2.24, 2.45) is 5.41 Å². The SMILES string of the molecule is COc1cc(/C=c2\s/c(=C(\C#N)C(=O)C(C)(C)C)n(-c3cc(C)ccc3C)c2=O)ccc1OC(F)F. The van der Waals surface area contributed by atoms with Crippen LogP contribution in [0.15, 0.2) is 41.2 Å². The molecule has 3 rings (SSSR count). The zero-order valence-electron chi connectivity index (χ0n) is 20.8. The molecular formula is C27H26F2N2O4S. The number of hydrogen-bond donors (Lipinski definition) is 0. The zero-order chi connectivity index (χ0) is 26.8. The third-order valence-corrected chi connectivity index (χ3v) is 6.46. The number of nitrogens with zero attached hydrogens (tertiary/aromatic N) is 2. The molecule has 0 unspecified atom stereocenters. The van der Waals surface area contributed by atoms with Gasteiger partial charge in [-0.2, -0.15) is 14.0 Å². The van der Waals surface area contributed by atoms with Crippen LogP contribution in [0.4, 0.5) is 8.78 Å². The van der Waals surface area contributed by atoms with Gasteiger partial charge in [0.2, 0.25) is 0 Å². The molecule has 0 aliphatic heterocycles. The number of nitriles is 1. The number of methoxy groups -OCH3 is 1. The van der Waals surface area contributed by atoms with E-state index in [1.807, 2.05) is 38.1 Å². The predicted molar refractivity (Wildman–Crippen MR) is 135 cm³/mol. The fourth-order valence-electron chi connectivity index (χ4n) is 3.52. The summed E-state index contributed by atoms with van der Waals surface area (Å²) in [7, 11) is 1.32. The third kappa shape index (κ3) is 5.55. The number of halogens is 2. The minimum atomic E-state index is -3.02. The van der Waals surface area contributed by atoms with Crippen molar-refractivity contribution < 1.29 is 23.0 Å². The highest BCUT2D eigenvalue weighted by atomic mass is 32.1. The summed E-state index contributed by atoms with van der Waals surface area (Å²) in [5, 5.41) is 9.95. The fraction of sp³-hybridized carbons (Fsp3) is 0.296. The Labute approximate surface area is 211 Å². The van der Waals surface area contributed by atoms with Crippen LogP contribution in [0, 0.1) is 30.6 Å². The Morgan fingerprint density at radius 2 is 1.83 bits per heavy atom. The molecule has 0 aliphatic rings. The number of ether oxygens (including phenoxy) is 2. The summed E-state index contributed by atoms with van der Waals surface area (Å²) in [5.41, 5.74) is 1.41. The summed E-state index contributed by atoms with van der Waals surface area (Å²) >= 11 is 1.02. The Hall–Kier alpha value is -3.77. The number of Topliss-reactive ketones (excluding diaryl/α,β-unsaturated/α-hetero) is 1. The Bertz CT molecular complexity index is 1540. The molecule has 0 saturated carbocycles. The number of ketones is 1. The van der Waals surface area contributed by atoms with E-state index >= 15 is 0 Å². The van der Waals surface area contributed by atoms with E-state index in [1.54, 1.807) is 26.8 Å². The van der Waals surface area contributed by atoms with Gasteiger partial charge in [0.25, 0.3) is 5.56 Å². The normalized spacial score (nSPS) is 12.9. The smallest absolute Gasteiger partial charge is 0.387 e. The first kappa shape index (κ1) is 26.8. The molecule has 1 aromatic heterocycles. The van der Waals surface area contributed by atoms with Gasteiger partial charge in [0, 0.05) is 5.41 Å². The maximum atomic E-state index is 13.7. The lowest BCUT2D eigenvalue weighted by Gasteiger charge is -2.15. The summed E-state index contributed by atoms with van der Waals surface area (Å²) in [6.07, 6.45) is 1.56. The van der Waals surface area contributed by atoms with Gasteiger partial charge in [-0.3, -0.25) is 14.2 Å². The molecule has 3 aromatic rings. The molecule has 0 atom stereocenters. The van der Waals surface area contributed by atoms with Crippen molar-refractivity contribution in [3.63, 3.8) is 0 Å². The van der Waals surface area contributed by atoms with E-state index < -0.39 is 17.6 Å². The highest BCUT2D eigenvalue weighted by molar-refractivity contribution is 7.07. The first-order valence-electron chi connectivity index (χ1n) is 11.0. The Balaban J connectivity index is 2.40. The molecule has 6 nitrogen and oxygen atoms in total. The summed E-state index contributed by atoms with van der Waals surface area (Å²) in [5.74, 6) is -0.449. The number of hydrogen-bond acceptors (Lipinski definition) is 6. The Morgan fingerprint density at radius 3 is 2.42 bits per heavy atom. The summed E-state index contributed by atoms with van der Waals surface area (Å²) < 4.78 is 36.9. The molecule has 0 saturated heterocycles. The molecule has 36 heavy (non-hydrogen) atoms. The summed E-state index contributed by atoms with van der Waals surface area (Å²) in [4.78, 5) is 26.8. The largest absolute Gasteiger partial charge is 0.493 e. The zero-order valence-corrected chi connectivity index (χ0v) is 21.6. The second-order valence-corrected chi connectivity index (χ2v) is 10.2. The van der Waals surface area contributed by atoms with Gasteiger partial charge in [-0.15, -0.1) is 11.3 Å². The van der Waals surface area contributed by atoms with Gasteiger partial charge in [0.1, 0.15) is 16.3 Å². The standard InChI is InChI=1S/C27H26F2N2O4S/c1-15-7-8-16(2)19(11-15)31-24(33)22(36-25(31)18(14-30)23(32)27(3,4)5)13-17-9-10-20(35-26(28)29)21(12-17)34-6/h7-13,26H,1-6H3/b22-13-,25-18+. The van der Waals surface area contributed by atoms with E-state index in [-0.39, 0.29) is 32.1 Å². The number of alkyl halides is 2. The van der Waals surface area contributed by atoms with Crippen LogP contribution in [0.2, 0.25) is 0 Å². The molecule has 0 aliphatic carbocycles. The number of thiazole rings is 1. The lowest BCUT2D eigenvalue weighted by Crippen LogP contribution is -2.33. The van der Waals surface area contributed by atoms with Gasteiger partial charge in [0.05, 0.1) is 17.3 Å². The quantitative estimate of drug-likeness (QED) is 0.494. The minimum absolute atomic E-state index is 0.0721. The van der Waals surface area contributed by atoms with E-state index in [1.165, 1.54) is 29.9 Å². The van der Waals surface area contributed by atoms with Crippen LogP contribution in [-0.2, 0) is 4.79 Å². The van der Waals surface area contributed by atoms with Gasteiger partial charge >= 0.3 is 6.61 Å². The second-order valence-electron chi connectivity index (χ2n) is 9.20. The highest BCUT2D eigenvalue weighted by Gasteiger charge is 2.28. The van der Waals surface area contributed by atoms with E-state index in [9.17, 15) is 23.6 Å². The van der Waals surface area contributed by atoms with E-state index in [0.717, 1.165) is 22.5 Å². The first-order valence-corrected chi connectivity index (χ1v) is 11.8. The lowest BCUT2D eigenvalue weighted by atomic mass is 9.87. The molecule has 0 radical (unpaired) electrons. The van der Waals surface area contributed by atoms with Crippen molar-refractivity contribution in [1.82, 2.24) is 4.57 Å². The van der Waals surface area contributed by atoms with Crippen LogP contribution in [0.25, 0.3) is 17.3 Å². The maximum Gasteiger partial charge on any atom is 0.387 e.